The van der Waals surface area contributed by atoms with Gasteiger partial charge < -0.3 is 0 Å². The van der Waals surface area contributed by atoms with E-state index in [1.54, 1.807) is 0 Å². The number of pyridine rings is 1. The molecule has 0 fully saturated rings. The third-order valence-corrected chi connectivity index (χ3v) is 10.9. The van der Waals surface area contributed by atoms with Crippen LogP contribution in [0, 0.1) is 13.8 Å². The maximum Gasteiger partial charge on any atom is 0.164 e. The molecular weight excluding hydrogens is 759 g/mol. The molecule has 0 spiro atoms. The van der Waals surface area contributed by atoms with Crippen LogP contribution in [0.4, 0.5) is 0 Å². The summed E-state index contributed by atoms with van der Waals surface area (Å²) in [5, 5.41) is 0. The maximum absolute atomic E-state index is 5.13. The fourth-order valence-electron chi connectivity index (χ4n) is 7.76. The van der Waals surface area contributed by atoms with Crippen molar-refractivity contribution in [2.24, 2.45) is 0 Å². The molecule has 0 bridgehead atoms. The van der Waals surface area contributed by atoms with Crippen LogP contribution in [-0.4, -0.2) is 34.9 Å². The zero-order valence-electron chi connectivity index (χ0n) is 34.2. The van der Waals surface area contributed by atoms with Gasteiger partial charge in [0.05, 0.1) is 0 Å². The van der Waals surface area contributed by atoms with E-state index in [-0.39, 0.29) is 0 Å². The van der Waals surface area contributed by atoms with Crippen LogP contribution in [0.2, 0.25) is 0 Å². The minimum absolute atomic E-state index is 0.593. The quantitative estimate of drug-likeness (QED) is 0.144. The summed E-state index contributed by atoms with van der Waals surface area (Å²) >= 11 is 0. The van der Waals surface area contributed by atoms with Gasteiger partial charge in [-0.3, -0.25) is 4.98 Å². The van der Waals surface area contributed by atoms with Crippen LogP contribution in [0.1, 0.15) is 11.4 Å². The molecule has 0 unspecified atom stereocenters. The van der Waals surface area contributed by atoms with Gasteiger partial charge in [-0.25, -0.2) is 29.9 Å². The molecule has 294 valence electrons. The second-order valence-corrected chi connectivity index (χ2v) is 15.0. The number of rotatable bonds is 9. The second-order valence-electron chi connectivity index (χ2n) is 15.0. The molecule has 0 atom stereocenters. The number of hydrogen-bond acceptors (Lipinski definition) is 7. The lowest BCUT2D eigenvalue weighted by molar-refractivity contribution is 1.07. The van der Waals surface area contributed by atoms with Crippen LogP contribution in [0.25, 0.3) is 102 Å². The Kier molecular flexibility index (Phi) is 10.3. The summed E-state index contributed by atoms with van der Waals surface area (Å²) in [6.07, 6.45) is 0. The molecule has 0 aliphatic carbocycles. The van der Waals surface area contributed by atoms with Crippen molar-refractivity contribution in [1.29, 1.82) is 0 Å². The van der Waals surface area contributed by atoms with Gasteiger partial charge in [-0.05, 0) is 53.8 Å². The van der Waals surface area contributed by atoms with Crippen LogP contribution in [-0.2, 0) is 0 Å². The summed E-state index contributed by atoms with van der Waals surface area (Å²) in [5.74, 6) is 3.66. The van der Waals surface area contributed by atoms with Crippen molar-refractivity contribution in [3.63, 3.8) is 0 Å². The number of nitrogens with zero attached hydrogens (tertiary/aromatic N) is 7. The first-order valence-electron chi connectivity index (χ1n) is 20.6. The van der Waals surface area contributed by atoms with Gasteiger partial charge in [0.15, 0.2) is 34.9 Å². The Morgan fingerprint density at radius 1 is 0.226 bits per heavy atom. The summed E-state index contributed by atoms with van der Waals surface area (Å²) in [6.45, 7) is 4.09. The maximum atomic E-state index is 5.13. The average molecular weight is 798 g/mol. The second kappa shape index (κ2) is 16.8. The normalized spacial score (nSPS) is 11.1. The topological polar surface area (TPSA) is 90.2 Å². The first-order chi connectivity index (χ1) is 30.5. The van der Waals surface area contributed by atoms with Gasteiger partial charge in [0, 0.05) is 50.3 Å². The molecule has 7 nitrogen and oxygen atoms in total. The lowest BCUT2D eigenvalue weighted by Crippen LogP contribution is -2.01. The van der Waals surface area contributed by atoms with Crippen molar-refractivity contribution in [2.75, 3.05) is 0 Å². The Morgan fingerprint density at radius 3 is 1.02 bits per heavy atom. The molecule has 62 heavy (non-hydrogen) atoms. The van der Waals surface area contributed by atoms with E-state index in [2.05, 4.69) is 79.7 Å². The molecule has 7 aromatic carbocycles. The highest BCUT2D eigenvalue weighted by Crippen LogP contribution is 2.41. The minimum Gasteiger partial charge on any atom is -0.258 e. The van der Waals surface area contributed by atoms with E-state index < -0.39 is 0 Å². The van der Waals surface area contributed by atoms with Gasteiger partial charge in [0.2, 0.25) is 0 Å². The van der Waals surface area contributed by atoms with E-state index >= 15 is 0 Å². The predicted molar refractivity (Wildman–Crippen MR) is 249 cm³/mol. The largest absolute Gasteiger partial charge is 0.258 e. The number of benzene rings is 7. The average Bonchev–Trinajstić information content (AvgIpc) is 3.35. The molecule has 3 heterocycles. The fourth-order valence-corrected chi connectivity index (χ4v) is 7.76. The fraction of sp³-hybridized carbons (Fsp3) is 0.0364. The van der Waals surface area contributed by atoms with Crippen molar-refractivity contribution in [1.82, 2.24) is 34.9 Å². The van der Waals surface area contributed by atoms with Gasteiger partial charge in [0.25, 0.3) is 0 Å². The molecule has 7 heteroatoms. The summed E-state index contributed by atoms with van der Waals surface area (Å²) in [5.41, 5.74) is 13.7. The van der Waals surface area contributed by atoms with Crippen molar-refractivity contribution < 1.29 is 0 Å². The zero-order valence-corrected chi connectivity index (χ0v) is 34.2. The van der Waals surface area contributed by atoms with Gasteiger partial charge in [-0.1, -0.05) is 188 Å². The molecule has 10 aromatic rings. The Hall–Kier alpha value is -8.29. The summed E-state index contributed by atoms with van der Waals surface area (Å²) in [6, 6.07) is 68.0. The van der Waals surface area contributed by atoms with E-state index in [0.29, 0.717) is 34.9 Å². The molecule has 0 aliphatic heterocycles. The van der Waals surface area contributed by atoms with Crippen LogP contribution in [0.15, 0.2) is 200 Å². The summed E-state index contributed by atoms with van der Waals surface area (Å²) in [4.78, 5) is 34.9. The number of aromatic nitrogens is 7. The predicted octanol–water partition coefficient (Wildman–Crippen LogP) is 13.1. The molecule has 0 N–H and O–H groups in total. The summed E-state index contributed by atoms with van der Waals surface area (Å²) in [7, 11) is 0. The molecule has 0 radical (unpaired) electrons. The monoisotopic (exact) mass is 797 g/mol. The molecule has 3 aromatic heterocycles. The van der Waals surface area contributed by atoms with E-state index in [0.717, 1.165) is 78.1 Å². The molecule has 0 saturated carbocycles. The highest BCUT2D eigenvalue weighted by molar-refractivity contribution is 5.93. The Balaban J connectivity index is 1.13. The smallest absolute Gasteiger partial charge is 0.164 e. The van der Waals surface area contributed by atoms with E-state index in [1.807, 2.05) is 134 Å². The Labute approximate surface area is 360 Å². The van der Waals surface area contributed by atoms with Gasteiger partial charge in [-0.2, -0.15) is 0 Å². The molecule has 0 amide bonds. The summed E-state index contributed by atoms with van der Waals surface area (Å²) < 4.78 is 0. The van der Waals surface area contributed by atoms with Crippen LogP contribution in [0.3, 0.4) is 0 Å². The Morgan fingerprint density at radius 2 is 0.565 bits per heavy atom. The van der Waals surface area contributed by atoms with Crippen LogP contribution < -0.4 is 0 Å². The molecular formula is C55H39N7. The van der Waals surface area contributed by atoms with E-state index in [9.17, 15) is 0 Å². The number of aryl methyl sites for hydroxylation is 2. The first kappa shape index (κ1) is 37.9. The third kappa shape index (κ3) is 7.78. The van der Waals surface area contributed by atoms with Gasteiger partial charge in [0.1, 0.15) is 0 Å². The lowest BCUT2D eigenvalue weighted by Gasteiger charge is -2.17. The van der Waals surface area contributed by atoms with Crippen LogP contribution in [0.5, 0.6) is 0 Å². The molecule has 0 saturated heterocycles. The SMILES string of the molecule is Cc1ccc(-c2ccc(-c3ccccc3-c3nc(-c4ccccc4)nc(-c4ccccc4)n3)c(-c3ccc(-c4nc(-c5ccccc5)nc(-c5ccccc5)n4)cc3)c2)c(C)n1. The highest BCUT2D eigenvalue weighted by atomic mass is 15.0. The molecule has 0 aliphatic rings. The number of hydrogen-bond donors (Lipinski definition) is 0. The van der Waals surface area contributed by atoms with Gasteiger partial charge in [-0.15, -0.1) is 0 Å². The van der Waals surface area contributed by atoms with E-state index in [1.165, 1.54) is 0 Å². The van der Waals surface area contributed by atoms with Crippen molar-refractivity contribution >= 4 is 0 Å². The lowest BCUT2D eigenvalue weighted by atomic mass is 9.88. The highest BCUT2D eigenvalue weighted by Gasteiger charge is 2.20. The zero-order chi connectivity index (χ0) is 41.8. The third-order valence-electron chi connectivity index (χ3n) is 10.9. The molecule has 10 rings (SSSR count). The Bertz CT molecular complexity index is 3060. The minimum atomic E-state index is 0.593. The van der Waals surface area contributed by atoms with Crippen molar-refractivity contribution in [3.8, 4) is 102 Å². The first-order valence-corrected chi connectivity index (χ1v) is 20.6. The van der Waals surface area contributed by atoms with Gasteiger partial charge >= 0.3 is 0 Å². The van der Waals surface area contributed by atoms with Crippen molar-refractivity contribution in [2.45, 2.75) is 13.8 Å². The van der Waals surface area contributed by atoms with Crippen LogP contribution >= 0.6 is 0 Å². The standard InChI is InChI=1S/C55H39N7/c1-36-27-33-45(37(2)56-36)44-32-34-47(46-25-15-16-26-48(46)55-61-52(41-21-11-5-12-22-41)60-53(62-55)42-23-13-6-14-24-42)49(35-44)38-28-30-43(31-29-38)54-58-50(39-17-7-3-8-18-39)57-51(59-54)40-19-9-4-10-20-40/h3-35H,1-2H3. The van der Waals surface area contributed by atoms with Crippen molar-refractivity contribution in [3.05, 3.63) is 212 Å². The van der Waals surface area contributed by atoms with E-state index in [4.69, 9.17) is 34.9 Å².